The van der Waals surface area contributed by atoms with Crippen LogP contribution in [0.15, 0.2) is 48.5 Å². The standard InChI is InChI=1S/C18H17ClFNO/c1-21-10-15(14-4-2-3-5-17(14)20)16(11-21)18(22)12-6-8-13(19)9-7-12/h2-9,15-16H,10-11H2,1H3/t15-,16-/m1/s1. The molecule has 0 saturated carbocycles. The van der Waals surface area contributed by atoms with Gasteiger partial charge in [0.2, 0.25) is 0 Å². The molecule has 1 aliphatic heterocycles. The minimum atomic E-state index is -0.239. The van der Waals surface area contributed by atoms with Gasteiger partial charge in [0.25, 0.3) is 0 Å². The van der Waals surface area contributed by atoms with Gasteiger partial charge in [-0.15, -0.1) is 0 Å². The normalized spacial score (nSPS) is 22.0. The molecule has 1 fully saturated rings. The van der Waals surface area contributed by atoms with E-state index in [1.54, 1.807) is 36.4 Å². The fourth-order valence-electron chi connectivity index (χ4n) is 3.19. The van der Waals surface area contributed by atoms with Crippen molar-refractivity contribution in [2.24, 2.45) is 5.92 Å². The average molecular weight is 318 g/mol. The first kappa shape index (κ1) is 15.2. The second-order valence-corrected chi connectivity index (χ2v) is 6.26. The van der Waals surface area contributed by atoms with E-state index in [0.29, 0.717) is 29.2 Å². The molecule has 2 aromatic carbocycles. The van der Waals surface area contributed by atoms with Crippen LogP contribution in [-0.2, 0) is 0 Å². The average Bonchev–Trinajstić information content (AvgIpc) is 2.89. The SMILES string of the molecule is CN1C[C@H](c2ccccc2F)[C@H](C(=O)c2ccc(Cl)cc2)C1. The molecule has 3 rings (SSSR count). The topological polar surface area (TPSA) is 20.3 Å². The van der Waals surface area contributed by atoms with E-state index in [1.807, 2.05) is 13.1 Å². The van der Waals surface area contributed by atoms with Gasteiger partial charge in [0, 0.05) is 35.5 Å². The summed E-state index contributed by atoms with van der Waals surface area (Å²) in [5.41, 5.74) is 1.25. The van der Waals surface area contributed by atoms with Crippen molar-refractivity contribution in [1.29, 1.82) is 0 Å². The third kappa shape index (κ3) is 2.92. The molecule has 0 amide bonds. The van der Waals surface area contributed by atoms with Crippen LogP contribution in [0.5, 0.6) is 0 Å². The molecule has 4 heteroatoms. The Morgan fingerprint density at radius 1 is 1.14 bits per heavy atom. The molecule has 0 bridgehead atoms. The van der Waals surface area contributed by atoms with Crippen LogP contribution in [0.1, 0.15) is 21.8 Å². The van der Waals surface area contributed by atoms with Gasteiger partial charge in [-0.1, -0.05) is 29.8 Å². The molecule has 0 N–H and O–H groups in total. The van der Waals surface area contributed by atoms with Crippen molar-refractivity contribution in [1.82, 2.24) is 4.90 Å². The molecule has 2 nitrogen and oxygen atoms in total. The zero-order chi connectivity index (χ0) is 15.7. The van der Waals surface area contributed by atoms with E-state index < -0.39 is 0 Å². The summed E-state index contributed by atoms with van der Waals surface area (Å²) in [7, 11) is 1.96. The fourth-order valence-corrected chi connectivity index (χ4v) is 3.31. The van der Waals surface area contributed by atoms with E-state index in [1.165, 1.54) is 6.07 Å². The van der Waals surface area contributed by atoms with E-state index >= 15 is 0 Å². The first-order chi connectivity index (χ1) is 10.6. The van der Waals surface area contributed by atoms with Crippen LogP contribution in [0, 0.1) is 11.7 Å². The molecular formula is C18H17ClFNO. The second kappa shape index (κ2) is 6.19. The highest BCUT2D eigenvalue weighted by atomic mass is 35.5. The van der Waals surface area contributed by atoms with Crippen molar-refractivity contribution >= 4 is 17.4 Å². The lowest BCUT2D eigenvalue weighted by Gasteiger charge is -2.18. The Hall–Kier alpha value is -1.71. The number of ketones is 1. The van der Waals surface area contributed by atoms with E-state index in [4.69, 9.17) is 11.6 Å². The molecule has 2 aromatic rings. The molecular weight excluding hydrogens is 301 g/mol. The van der Waals surface area contributed by atoms with Gasteiger partial charge in [0.15, 0.2) is 5.78 Å². The molecule has 0 radical (unpaired) electrons. The van der Waals surface area contributed by atoms with Crippen LogP contribution in [0.3, 0.4) is 0 Å². The first-order valence-electron chi connectivity index (χ1n) is 7.29. The number of rotatable bonds is 3. The Balaban J connectivity index is 1.92. The lowest BCUT2D eigenvalue weighted by molar-refractivity contribution is 0.0915. The number of halogens is 2. The summed E-state index contributed by atoms with van der Waals surface area (Å²) in [6.45, 7) is 1.32. The number of Topliss-reactive ketones (excluding diaryl/α,β-unsaturated/α-hetero) is 1. The lowest BCUT2D eigenvalue weighted by Crippen LogP contribution is -2.22. The van der Waals surface area contributed by atoms with E-state index in [2.05, 4.69) is 4.90 Å². The quantitative estimate of drug-likeness (QED) is 0.797. The minimum Gasteiger partial charge on any atom is -0.305 e. The molecule has 1 saturated heterocycles. The Morgan fingerprint density at radius 2 is 1.82 bits per heavy atom. The third-order valence-corrected chi connectivity index (χ3v) is 4.52. The van der Waals surface area contributed by atoms with Crippen LogP contribution in [0.2, 0.25) is 5.02 Å². The number of likely N-dealkylation sites (N-methyl/N-ethyl adjacent to an activating group) is 1. The third-order valence-electron chi connectivity index (χ3n) is 4.27. The largest absolute Gasteiger partial charge is 0.305 e. The number of benzene rings is 2. The summed E-state index contributed by atoms with van der Waals surface area (Å²) in [6.07, 6.45) is 0. The molecule has 0 aliphatic carbocycles. The smallest absolute Gasteiger partial charge is 0.167 e. The number of carbonyl (C=O) groups excluding carboxylic acids is 1. The molecule has 0 spiro atoms. The zero-order valence-electron chi connectivity index (χ0n) is 12.3. The summed E-state index contributed by atoms with van der Waals surface area (Å²) >= 11 is 5.88. The van der Waals surface area contributed by atoms with Crippen molar-refractivity contribution < 1.29 is 9.18 Å². The highest BCUT2D eigenvalue weighted by molar-refractivity contribution is 6.30. The fraction of sp³-hybridized carbons (Fsp3) is 0.278. The predicted octanol–water partition coefficient (Wildman–Crippen LogP) is 4.01. The highest BCUT2D eigenvalue weighted by Gasteiger charge is 2.38. The van der Waals surface area contributed by atoms with Gasteiger partial charge in [0.1, 0.15) is 5.82 Å². The lowest BCUT2D eigenvalue weighted by atomic mass is 9.83. The molecule has 0 unspecified atom stereocenters. The summed E-state index contributed by atoms with van der Waals surface area (Å²) in [6, 6.07) is 13.6. The Bertz CT molecular complexity index is 686. The highest BCUT2D eigenvalue weighted by Crippen LogP contribution is 2.35. The summed E-state index contributed by atoms with van der Waals surface area (Å²) in [5, 5.41) is 0.603. The number of likely N-dealkylation sites (tertiary alicyclic amines) is 1. The second-order valence-electron chi connectivity index (χ2n) is 5.83. The summed E-state index contributed by atoms with van der Waals surface area (Å²) in [4.78, 5) is 14.9. The number of nitrogens with zero attached hydrogens (tertiary/aromatic N) is 1. The van der Waals surface area contributed by atoms with Gasteiger partial charge in [-0.05, 0) is 42.9 Å². The summed E-state index contributed by atoms with van der Waals surface area (Å²) < 4.78 is 14.1. The number of carbonyl (C=O) groups is 1. The molecule has 1 heterocycles. The van der Waals surface area contributed by atoms with Crippen molar-refractivity contribution in [2.75, 3.05) is 20.1 Å². The van der Waals surface area contributed by atoms with Crippen molar-refractivity contribution in [3.8, 4) is 0 Å². The Morgan fingerprint density at radius 3 is 2.50 bits per heavy atom. The molecule has 2 atom stereocenters. The van der Waals surface area contributed by atoms with Gasteiger partial charge in [-0.3, -0.25) is 4.79 Å². The van der Waals surface area contributed by atoms with Crippen LogP contribution < -0.4 is 0 Å². The Kier molecular flexibility index (Phi) is 4.27. The van der Waals surface area contributed by atoms with Crippen molar-refractivity contribution in [2.45, 2.75) is 5.92 Å². The number of hydrogen-bond donors (Lipinski definition) is 0. The van der Waals surface area contributed by atoms with Crippen LogP contribution in [0.4, 0.5) is 4.39 Å². The molecule has 22 heavy (non-hydrogen) atoms. The van der Waals surface area contributed by atoms with Crippen LogP contribution in [-0.4, -0.2) is 30.8 Å². The minimum absolute atomic E-state index is 0.0502. The molecule has 0 aromatic heterocycles. The molecule has 1 aliphatic rings. The monoisotopic (exact) mass is 317 g/mol. The zero-order valence-corrected chi connectivity index (χ0v) is 13.1. The van der Waals surface area contributed by atoms with Crippen LogP contribution in [0.25, 0.3) is 0 Å². The van der Waals surface area contributed by atoms with E-state index in [0.717, 1.165) is 0 Å². The van der Waals surface area contributed by atoms with E-state index in [-0.39, 0.29) is 23.4 Å². The van der Waals surface area contributed by atoms with Crippen molar-refractivity contribution in [3.63, 3.8) is 0 Å². The summed E-state index contributed by atoms with van der Waals surface area (Å²) in [5.74, 6) is -0.538. The van der Waals surface area contributed by atoms with Gasteiger partial charge < -0.3 is 4.90 Å². The first-order valence-corrected chi connectivity index (χ1v) is 7.67. The molecule has 114 valence electrons. The van der Waals surface area contributed by atoms with Gasteiger partial charge >= 0.3 is 0 Å². The Labute approximate surface area is 134 Å². The van der Waals surface area contributed by atoms with Crippen LogP contribution >= 0.6 is 11.6 Å². The maximum absolute atomic E-state index is 14.1. The van der Waals surface area contributed by atoms with Gasteiger partial charge in [-0.2, -0.15) is 0 Å². The van der Waals surface area contributed by atoms with Crippen molar-refractivity contribution in [3.05, 3.63) is 70.5 Å². The predicted molar refractivity (Wildman–Crippen MR) is 85.9 cm³/mol. The van der Waals surface area contributed by atoms with Gasteiger partial charge in [-0.25, -0.2) is 4.39 Å². The van der Waals surface area contributed by atoms with Gasteiger partial charge in [0.05, 0.1) is 0 Å². The maximum Gasteiger partial charge on any atom is 0.167 e. The maximum atomic E-state index is 14.1. The number of hydrogen-bond acceptors (Lipinski definition) is 2. The van der Waals surface area contributed by atoms with E-state index in [9.17, 15) is 9.18 Å².